The molecule has 1 aromatic carbocycles. The SMILES string of the molecule is O=P1(OCc2ccccc2)OC[C@@H]2[C@H](CO1)[C@H]1C=C[C@@H]2C1. The van der Waals surface area contributed by atoms with Gasteiger partial charge in [-0.2, -0.15) is 0 Å². The number of benzene rings is 1. The summed E-state index contributed by atoms with van der Waals surface area (Å²) in [7, 11) is -3.43. The van der Waals surface area contributed by atoms with Crippen molar-refractivity contribution in [1.29, 1.82) is 0 Å². The molecule has 3 aliphatic rings. The molecule has 0 N–H and O–H groups in total. The molecule has 2 bridgehead atoms. The Bertz CT molecular complexity index is 559. The van der Waals surface area contributed by atoms with Crippen molar-refractivity contribution in [2.45, 2.75) is 13.0 Å². The average molecular weight is 306 g/mol. The molecule has 2 fully saturated rings. The minimum Gasteiger partial charge on any atom is -0.287 e. The molecule has 21 heavy (non-hydrogen) atoms. The van der Waals surface area contributed by atoms with Gasteiger partial charge in [0.1, 0.15) is 0 Å². The Balaban J connectivity index is 1.41. The van der Waals surface area contributed by atoms with Crippen molar-refractivity contribution in [2.24, 2.45) is 23.7 Å². The zero-order chi connectivity index (χ0) is 14.3. The van der Waals surface area contributed by atoms with Crippen LogP contribution in [0.3, 0.4) is 0 Å². The number of hydrogen-bond acceptors (Lipinski definition) is 4. The van der Waals surface area contributed by atoms with Gasteiger partial charge in [-0.05, 0) is 35.7 Å². The largest absolute Gasteiger partial charge is 0.475 e. The van der Waals surface area contributed by atoms with Crippen molar-refractivity contribution in [3.05, 3.63) is 48.0 Å². The third-order valence-electron chi connectivity index (χ3n) is 4.88. The summed E-state index contributed by atoms with van der Waals surface area (Å²) in [5.74, 6) is 1.97. The molecule has 112 valence electrons. The molecular formula is C16H19O4P. The van der Waals surface area contributed by atoms with Crippen molar-refractivity contribution in [3.8, 4) is 0 Å². The Morgan fingerprint density at radius 1 is 1.05 bits per heavy atom. The molecule has 2 aliphatic carbocycles. The minimum atomic E-state index is -3.43. The summed E-state index contributed by atoms with van der Waals surface area (Å²) in [4.78, 5) is 0. The molecule has 1 aromatic rings. The van der Waals surface area contributed by atoms with Gasteiger partial charge < -0.3 is 0 Å². The molecule has 0 amide bonds. The van der Waals surface area contributed by atoms with Gasteiger partial charge in [0.05, 0.1) is 19.8 Å². The lowest BCUT2D eigenvalue weighted by Crippen LogP contribution is -2.24. The van der Waals surface area contributed by atoms with E-state index in [0.29, 0.717) is 36.9 Å². The highest BCUT2D eigenvalue weighted by atomic mass is 31.2. The van der Waals surface area contributed by atoms with E-state index in [2.05, 4.69) is 12.2 Å². The minimum absolute atomic E-state index is 0.249. The Morgan fingerprint density at radius 3 is 2.29 bits per heavy atom. The molecule has 1 saturated carbocycles. The van der Waals surface area contributed by atoms with Crippen molar-refractivity contribution in [1.82, 2.24) is 0 Å². The summed E-state index contributed by atoms with van der Waals surface area (Å²) in [5, 5.41) is 0. The van der Waals surface area contributed by atoms with Crippen LogP contribution in [0.25, 0.3) is 0 Å². The summed E-state index contributed by atoms with van der Waals surface area (Å²) in [5.41, 5.74) is 0.964. The fourth-order valence-corrected chi connectivity index (χ4v) is 4.96. The number of hydrogen-bond donors (Lipinski definition) is 0. The molecule has 1 unspecified atom stereocenters. The van der Waals surface area contributed by atoms with E-state index in [0.717, 1.165) is 5.56 Å². The van der Waals surface area contributed by atoms with Gasteiger partial charge in [0.25, 0.3) is 0 Å². The molecule has 1 saturated heterocycles. The highest BCUT2D eigenvalue weighted by Gasteiger charge is 2.48. The molecule has 4 rings (SSSR count). The molecule has 4 nitrogen and oxygen atoms in total. The first-order chi connectivity index (χ1) is 10.2. The topological polar surface area (TPSA) is 44.8 Å². The van der Waals surface area contributed by atoms with Crippen LogP contribution in [0.5, 0.6) is 0 Å². The van der Waals surface area contributed by atoms with Crippen molar-refractivity contribution < 1.29 is 18.1 Å². The molecular weight excluding hydrogens is 287 g/mol. The number of phosphoric ester groups is 1. The van der Waals surface area contributed by atoms with Crippen LogP contribution in [0.2, 0.25) is 0 Å². The van der Waals surface area contributed by atoms with Gasteiger partial charge in [0, 0.05) is 0 Å². The van der Waals surface area contributed by atoms with Crippen LogP contribution in [-0.2, 0) is 24.7 Å². The van der Waals surface area contributed by atoms with Gasteiger partial charge in [-0.3, -0.25) is 13.6 Å². The van der Waals surface area contributed by atoms with Crippen LogP contribution in [0, 0.1) is 23.7 Å². The zero-order valence-electron chi connectivity index (χ0n) is 11.8. The predicted octanol–water partition coefficient (Wildman–Crippen LogP) is 3.80. The first-order valence-corrected chi connectivity index (χ1v) is 8.95. The van der Waals surface area contributed by atoms with Crippen LogP contribution in [0.4, 0.5) is 0 Å². The smallest absolute Gasteiger partial charge is 0.287 e. The molecule has 1 aliphatic heterocycles. The van der Waals surface area contributed by atoms with Crippen molar-refractivity contribution in [3.63, 3.8) is 0 Å². The normalized spacial score (nSPS) is 41.0. The van der Waals surface area contributed by atoms with E-state index in [1.807, 2.05) is 30.3 Å². The van der Waals surface area contributed by atoms with Crippen LogP contribution < -0.4 is 0 Å². The molecule has 0 radical (unpaired) electrons. The third-order valence-corrected chi connectivity index (χ3v) is 6.26. The average Bonchev–Trinajstić information content (AvgIpc) is 3.07. The van der Waals surface area contributed by atoms with E-state index in [9.17, 15) is 4.57 Å². The van der Waals surface area contributed by atoms with E-state index in [1.165, 1.54) is 6.42 Å². The number of rotatable bonds is 3. The van der Waals surface area contributed by atoms with Gasteiger partial charge in [-0.25, -0.2) is 4.57 Å². The lowest BCUT2D eigenvalue weighted by molar-refractivity contribution is 0.118. The van der Waals surface area contributed by atoms with E-state index in [-0.39, 0.29) is 6.61 Å². The quantitative estimate of drug-likeness (QED) is 0.629. The third kappa shape index (κ3) is 2.62. The fraction of sp³-hybridized carbons (Fsp3) is 0.500. The first-order valence-electron chi connectivity index (χ1n) is 7.49. The van der Waals surface area contributed by atoms with E-state index in [4.69, 9.17) is 13.6 Å². The number of fused-ring (bicyclic) bond motifs is 5. The Labute approximate surface area is 124 Å². The molecule has 1 heterocycles. The molecule has 0 spiro atoms. The van der Waals surface area contributed by atoms with E-state index < -0.39 is 7.82 Å². The van der Waals surface area contributed by atoms with E-state index >= 15 is 0 Å². The number of phosphoric acid groups is 1. The molecule has 5 atom stereocenters. The van der Waals surface area contributed by atoms with Gasteiger partial charge in [0.15, 0.2) is 0 Å². The summed E-state index contributed by atoms with van der Waals surface area (Å²) in [6.45, 7) is 1.20. The maximum absolute atomic E-state index is 12.6. The lowest BCUT2D eigenvalue weighted by atomic mass is 9.84. The van der Waals surface area contributed by atoms with Crippen LogP contribution in [-0.4, -0.2) is 13.2 Å². The maximum Gasteiger partial charge on any atom is 0.475 e. The zero-order valence-corrected chi connectivity index (χ0v) is 12.7. The molecule has 0 aromatic heterocycles. The monoisotopic (exact) mass is 306 g/mol. The van der Waals surface area contributed by atoms with Crippen molar-refractivity contribution >= 4 is 7.82 Å². The highest BCUT2D eigenvalue weighted by Crippen LogP contribution is 2.58. The Morgan fingerprint density at radius 2 is 1.67 bits per heavy atom. The first kappa shape index (κ1) is 13.7. The second kappa shape index (κ2) is 5.36. The van der Waals surface area contributed by atoms with Gasteiger partial charge >= 0.3 is 7.82 Å². The second-order valence-corrected chi connectivity index (χ2v) is 7.74. The summed E-state index contributed by atoms with van der Waals surface area (Å²) in [6, 6.07) is 9.66. The fourth-order valence-electron chi connectivity index (χ4n) is 3.72. The van der Waals surface area contributed by atoms with Gasteiger partial charge in [-0.1, -0.05) is 42.5 Å². The van der Waals surface area contributed by atoms with Gasteiger partial charge in [0.2, 0.25) is 0 Å². The lowest BCUT2D eigenvalue weighted by Gasteiger charge is -2.23. The summed E-state index contributed by atoms with van der Waals surface area (Å²) < 4.78 is 29.2. The van der Waals surface area contributed by atoms with Gasteiger partial charge in [-0.15, -0.1) is 0 Å². The standard InChI is InChI=1S/C16H19O4P/c17-21(18-9-12-4-2-1-3-5-12)19-10-15-13-6-7-14(8-13)16(15)11-20-21/h1-7,13-16H,8-11H2/t13-,14+,15+,16-,21?. The highest BCUT2D eigenvalue weighted by molar-refractivity contribution is 7.48. The van der Waals surface area contributed by atoms with Crippen LogP contribution in [0.15, 0.2) is 42.5 Å². The Kier molecular flexibility index (Phi) is 3.50. The number of allylic oxidation sites excluding steroid dienone is 2. The predicted molar refractivity (Wildman–Crippen MR) is 78.5 cm³/mol. The van der Waals surface area contributed by atoms with Crippen LogP contribution in [0.1, 0.15) is 12.0 Å². The van der Waals surface area contributed by atoms with E-state index in [1.54, 1.807) is 0 Å². The summed E-state index contributed by atoms with van der Waals surface area (Å²) >= 11 is 0. The maximum atomic E-state index is 12.6. The Hall–Kier alpha value is -0.930. The summed E-state index contributed by atoms with van der Waals surface area (Å²) in [6.07, 6.45) is 5.74. The molecule has 5 heteroatoms. The second-order valence-electron chi connectivity index (χ2n) is 6.07. The van der Waals surface area contributed by atoms with Crippen molar-refractivity contribution in [2.75, 3.05) is 13.2 Å². The van der Waals surface area contributed by atoms with Crippen LogP contribution >= 0.6 is 7.82 Å².